The second-order valence-corrected chi connectivity index (χ2v) is 12.4. The van der Waals surface area contributed by atoms with Crippen LogP contribution in [0.1, 0.15) is 81.1 Å². The van der Waals surface area contributed by atoms with Crippen molar-refractivity contribution in [2.75, 3.05) is 39.6 Å². The number of rotatable bonds is 19. The molecule has 0 aromatic rings. The van der Waals surface area contributed by atoms with Crippen LogP contribution in [0.25, 0.3) is 0 Å². The van der Waals surface area contributed by atoms with E-state index in [0.717, 1.165) is 25.7 Å². The normalized spacial score (nSPS) is 15.0. The van der Waals surface area contributed by atoms with Crippen LogP contribution in [0, 0.1) is 0 Å². The Kier molecular flexibility index (Phi) is 16.1. The lowest BCUT2D eigenvalue weighted by Gasteiger charge is -2.38. The largest absolute Gasteiger partial charge is 0.504 e. The minimum Gasteiger partial charge on any atom is -0.374 e. The molecule has 0 heterocycles. The zero-order chi connectivity index (χ0) is 21.5. The quantitative estimate of drug-likeness (QED) is 0.251. The summed E-state index contributed by atoms with van der Waals surface area (Å²) in [5, 5.41) is 0. The van der Waals surface area contributed by atoms with Crippen LogP contribution in [-0.2, 0) is 26.6 Å². The summed E-state index contributed by atoms with van der Waals surface area (Å²) in [5.41, 5.74) is 0.524. The van der Waals surface area contributed by atoms with Crippen LogP contribution in [0.5, 0.6) is 0 Å². The van der Waals surface area contributed by atoms with E-state index in [0.29, 0.717) is 39.6 Å². The monoisotopic (exact) mass is 438 g/mol. The van der Waals surface area contributed by atoms with E-state index in [9.17, 15) is 0 Å². The second-order valence-electron chi connectivity index (χ2n) is 6.59. The molecule has 2 atom stereocenters. The highest BCUT2D eigenvalue weighted by atomic mass is 28.4. The molecule has 0 N–H and O–H groups in total. The molecule has 0 fully saturated rings. The molecule has 28 heavy (non-hydrogen) atoms. The van der Waals surface area contributed by atoms with Crippen LogP contribution < -0.4 is 0 Å². The standard InChI is InChI=1S/C20H46O6Si2/c1-9-19(27(21-11-3,22-12-4)23-13-5)17-18-20(10-2)28(24-14-6,25-15-7)26-16-8/h19-20H,9-18H2,1-8H3. The highest BCUT2D eigenvalue weighted by Crippen LogP contribution is 2.40. The van der Waals surface area contributed by atoms with E-state index in [1.165, 1.54) is 0 Å². The van der Waals surface area contributed by atoms with Gasteiger partial charge >= 0.3 is 17.6 Å². The summed E-state index contributed by atoms with van der Waals surface area (Å²) in [6.45, 7) is 20.1. The Bertz CT molecular complexity index is 305. The van der Waals surface area contributed by atoms with Gasteiger partial charge in [0.15, 0.2) is 0 Å². The van der Waals surface area contributed by atoms with E-state index in [1.54, 1.807) is 0 Å². The molecule has 0 saturated carbocycles. The van der Waals surface area contributed by atoms with Crippen LogP contribution in [0.2, 0.25) is 11.1 Å². The van der Waals surface area contributed by atoms with E-state index in [4.69, 9.17) is 26.6 Å². The fraction of sp³-hybridized carbons (Fsp3) is 1.00. The summed E-state index contributed by atoms with van der Waals surface area (Å²) in [6.07, 6.45) is 3.86. The van der Waals surface area contributed by atoms with E-state index in [-0.39, 0.29) is 11.1 Å². The fourth-order valence-electron chi connectivity index (χ4n) is 3.83. The third kappa shape index (κ3) is 8.14. The Hall–Kier alpha value is 0.194. The zero-order valence-electron chi connectivity index (χ0n) is 19.7. The molecule has 0 aliphatic heterocycles. The van der Waals surface area contributed by atoms with Gasteiger partial charge in [-0.1, -0.05) is 13.8 Å². The molecule has 0 aliphatic rings. The topological polar surface area (TPSA) is 55.4 Å². The van der Waals surface area contributed by atoms with Gasteiger partial charge in [0, 0.05) is 50.7 Å². The third-order valence-corrected chi connectivity index (χ3v) is 12.5. The predicted octanol–water partition coefficient (Wildman–Crippen LogP) is 5.42. The van der Waals surface area contributed by atoms with Crippen molar-refractivity contribution in [3.63, 3.8) is 0 Å². The zero-order valence-corrected chi connectivity index (χ0v) is 21.7. The molecule has 0 radical (unpaired) electrons. The molecule has 0 bridgehead atoms. The summed E-state index contributed by atoms with van der Waals surface area (Å²) in [4.78, 5) is 0. The highest BCUT2D eigenvalue weighted by Gasteiger charge is 2.51. The van der Waals surface area contributed by atoms with Crippen LogP contribution >= 0.6 is 0 Å². The molecule has 170 valence electrons. The van der Waals surface area contributed by atoms with E-state index in [1.807, 2.05) is 41.5 Å². The Morgan fingerprint density at radius 3 is 0.786 bits per heavy atom. The van der Waals surface area contributed by atoms with Gasteiger partial charge in [-0.3, -0.25) is 0 Å². The Morgan fingerprint density at radius 2 is 0.643 bits per heavy atom. The molecule has 0 amide bonds. The number of hydrogen-bond acceptors (Lipinski definition) is 6. The summed E-state index contributed by atoms with van der Waals surface area (Å²) >= 11 is 0. The molecular weight excluding hydrogens is 392 g/mol. The third-order valence-electron chi connectivity index (χ3n) is 4.92. The minimum absolute atomic E-state index is 0.262. The van der Waals surface area contributed by atoms with Gasteiger partial charge in [-0.25, -0.2) is 0 Å². The van der Waals surface area contributed by atoms with Crippen molar-refractivity contribution in [1.29, 1.82) is 0 Å². The van der Waals surface area contributed by atoms with Gasteiger partial charge in [-0.05, 0) is 67.2 Å². The van der Waals surface area contributed by atoms with Crippen molar-refractivity contribution in [2.24, 2.45) is 0 Å². The molecule has 0 rings (SSSR count). The molecule has 0 spiro atoms. The molecule has 0 saturated heterocycles. The lowest BCUT2D eigenvalue weighted by molar-refractivity contribution is 0.0521. The maximum Gasteiger partial charge on any atom is 0.504 e. The first-order valence-corrected chi connectivity index (χ1v) is 14.9. The Morgan fingerprint density at radius 1 is 0.429 bits per heavy atom. The molecule has 0 aromatic carbocycles. The number of hydrogen-bond donors (Lipinski definition) is 0. The van der Waals surface area contributed by atoms with Crippen molar-refractivity contribution in [3.8, 4) is 0 Å². The van der Waals surface area contributed by atoms with E-state index < -0.39 is 17.6 Å². The molecule has 2 unspecified atom stereocenters. The Balaban J connectivity index is 5.53. The molecule has 8 heteroatoms. The van der Waals surface area contributed by atoms with Gasteiger partial charge in [-0.15, -0.1) is 0 Å². The van der Waals surface area contributed by atoms with E-state index >= 15 is 0 Å². The van der Waals surface area contributed by atoms with Crippen LogP contribution in [0.3, 0.4) is 0 Å². The summed E-state index contributed by atoms with van der Waals surface area (Å²) in [7, 11) is -5.45. The fourth-order valence-corrected chi connectivity index (χ4v) is 10.2. The summed E-state index contributed by atoms with van der Waals surface area (Å²) < 4.78 is 37.0. The average Bonchev–Trinajstić information content (AvgIpc) is 2.66. The molecule has 6 nitrogen and oxygen atoms in total. The van der Waals surface area contributed by atoms with E-state index in [2.05, 4.69) is 13.8 Å². The maximum absolute atomic E-state index is 6.17. The Labute approximate surface area is 176 Å². The summed E-state index contributed by atoms with van der Waals surface area (Å²) in [6, 6.07) is 0. The SMILES string of the molecule is CCO[Si](OCC)(OCC)C(CC)CCC(CC)[Si](OCC)(OCC)OCC. The second kappa shape index (κ2) is 16.0. The molecular formula is C20H46O6Si2. The molecule has 0 aliphatic carbocycles. The van der Waals surface area contributed by atoms with Gasteiger partial charge in [0.2, 0.25) is 0 Å². The first kappa shape index (κ1) is 28.2. The van der Waals surface area contributed by atoms with Crippen molar-refractivity contribution in [2.45, 2.75) is 92.2 Å². The lowest BCUT2D eigenvalue weighted by atomic mass is 10.1. The van der Waals surface area contributed by atoms with Gasteiger partial charge in [-0.2, -0.15) is 0 Å². The highest BCUT2D eigenvalue weighted by molar-refractivity contribution is 6.63. The minimum atomic E-state index is -2.73. The van der Waals surface area contributed by atoms with Crippen LogP contribution in [0.4, 0.5) is 0 Å². The predicted molar refractivity (Wildman–Crippen MR) is 119 cm³/mol. The first-order chi connectivity index (χ1) is 13.5. The maximum atomic E-state index is 6.17. The van der Waals surface area contributed by atoms with Crippen molar-refractivity contribution in [1.82, 2.24) is 0 Å². The van der Waals surface area contributed by atoms with Crippen molar-refractivity contribution < 1.29 is 26.6 Å². The van der Waals surface area contributed by atoms with Gasteiger partial charge in [0.05, 0.1) is 0 Å². The smallest absolute Gasteiger partial charge is 0.374 e. The van der Waals surface area contributed by atoms with Crippen LogP contribution in [0.15, 0.2) is 0 Å². The first-order valence-electron chi connectivity index (χ1n) is 11.3. The summed E-state index contributed by atoms with van der Waals surface area (Å²) in [5.74, 6) is 0. The van der Waals surface area contributed by atoms with Crippen LogP contribution in [-0.4, -0.2) is 57.3 Å². The van der Waals surface area contributed by atoms with Gasteiger partial charge < -0.3 is 26.6 Å². The van der Waals surface area contributed by atoms with Crippen molar-refractivity contribution >= 4 is 17.6 Å². The van der Waals surface area contributed by atoms with Gasteiger partial charge in [0.25, 0.3) is 0 Å². The average molecular weight is 439 g/mol. The van der Waals surface area contributed by atoms with Crippen molar-refractivity contribution in [3.05, 3.63) is 0 Å². The van der Waals surface area contributed by atoms with Gasteiger partial charge in [0.1, 0.15) is 0 Å². The lowest BCUT2D eigenvalue weighted by Crippen LogP contribution is -2.52. The molecule has 0 aromatic heterocycles.